The molecule has 1 saturated heterocycles. The second-order valence-electron chi connectivity index (χ2n) is 4.67. The molecule has 0 amide bonds. The van der Waals surface area contributed by atoms with Gasteiger partial charge in [-0.25, -0.2) is 13.5 Å². The maximum absolute atomic E-state index is 12.4. The van der Waals surface area contributed by atoms with Gasteiger partial charge in [0.15, 0.2) is 0 Å². The van der Waals surface area contributed by atoms with Crippen LogP contribution in [0.2, 0.25) is 0 Å². The average Bonchev–Trinajstić information content (AvgIpc) is 2.56. The summed E-state index contributed by atoms with van der Waals surface area (Å²) in [4.78, 5) is 7.47. The van der Waals surface area contributed by atoms with E-state index >= 15 is 0 Å². The molecule has 1 aromatic carbocycles. The van der Waals surface area contributed by atoms with Crippen LogP contribution in [0.1, 0.15) is 0 Å². The van der Waals surface area contributed by atoms with Crippen molar-refractivity contribution >= 4 is 16.8 Å². The van der Waals surface area contributed by atoms with E-state index in [2.05, 4.69) is 9.88 Å². The third kappa shape index (κ3) is 2.89. The van der Waals surface area contributed by atoms with E-state index in [1.807, 2.05) is 59.0 Å². The number of piperazine rings is 1. The molecular weight excluding hydrogens is 270 g/mol. The second-order valence-corrected chi connectivity index (χ2v) is 6.15. The molecule has 1 fully saturated rings. The average molecular weight is 287 g/mol. The first-order valence-corrected chi connectivity index (χ1v) is 7.83. The van der Waals surface area contributed by atoms with Crippen LogP contribution in [0.3, 0.4) is 0 Å². The molecule has 0 aliphatic carbocycles. The molecule has 4 nitrogen and oxygen atoms in total. The summed E-state index contributed by atoms with van der Waals surface area (Å²) in [5, 5.41) is 0. The van der Waals surface area contributed by atoms with E-state index in [0.717, 1.165) is 36.9 Å². The van der Waals surface area contributed by atoms with Crippen molar-refractivity contribution < 1.29 is 4.21 Å². The van der Waals surface area contributed by atoms with Gasteiger partial charge in [-0.05, 0) is 24.3 Å². The molecule has 1 aliphatic rings. The highest BCUT2D eigenvalue weighted by molar-refractivity contribution is 7.82. The van der Waals surface area contributed by atoms with Crippen molar-refractivity contribution in [2.45, 2.75) is 4.90 Å². The Bertz CT molecular complexity index is 568. The monoisotopic (exact) mass is 287 g/mol. The van der Waals surface area contributed by atoms with Crippen LogP contribution in [-0.4, -0.2) is 39.7 Å². The Morgan fingerprint density at radius 2 is 1.60 bits per heavy atom. The molecule has 0 saturated carbocycles. The molecule has 0 spiro atoms. The fourth-order valence-electron chi connectivity index (χ4n) is 2.31. The fourth-order valence-corrected chi connectivity index (χ4v) is 3.49. The van der Waals surface area contributed by atoms with Crippen molar-refractivity contribution in [1.82, 2.24) is 9.29 Å². The van der Waals surface area contributed by atoms with Gasteiger partial charge in [0.25, 0.3) is 0 Å². The summed E-state index contributed by atoms with van der Waals surface area (Å²) >= 11 is 0. The van der Waals surface area contributed by atoms with Gasteiger partial charge in [0.1, 0.15) is 16.8 Å². The minimum absolute atomic E-state index is 0.790. The van der Waals surface area contributed by atoms with E-state index < -0.39 is 11.0 Å². The third-order valence-corrected chi connectivity index (χ3v) is 4.90. The Hall–Kier alpha value is -1.72. The van der Waals surface area contributed by atoms with Gasteiger partial charge in [-0.3, -0.25) is 0 Å². The smallest absolute Gasteiger partial charge is 0.128 e. The van der Waals surface area contributed by atoms with Crippen molar-refractivity contribution in [2.24, 2.45) is 0 Å². The number of nitrogens with zero attached hydrogens (tertiary/aromatic N) is 3. The van der Waals surface area contributed by atoms with Crippen molar-refractivity contribution in [2.75, 3.05) is 31.1 Å². The molecular formula is C15H17N3OS. The van der Waals surface area contributed by atoms with Gasteiger partial charge in [-0.1, -0.05) is 24.3 Å². The van der Waals surface area contributed by atoms with E-state index in [1.165, 1.54) is 0 Å². The first kappa shape index (κ1) is 13.3. The van der Waals surface area contributed by atoms with Gasteiger partial charge in [0.2, 0.25) is 0 Å². The van der Waals surface area contributed by atoms with E-state index in [1.54, 1.807) is 0 Å². The predicted molar refractivity (Wildman–Crippen MR) is 80.9 cm³/mol. The standard InChI is InChI=1S/C15H17N3OS/c19-20(14-6-2-1-3-7-14)18-12-10-17(11-13-18)15-8-4-5-9-16-15/h1-9H,10-13H2/t20-/m1/s1. The molecule has 104 valence electrons. The quantitative estimate of drug-likeness (QED) is 0.865. The molecule has 1 aromatic heterocycles. The lowest BCUT2D eigenvalue weighted by atomic mass is 10.3. The summed E-state index contributed by atoms with van der Waals surface area (Å²) in [5.41, 5.74) is 0. The van der Waals surface area contributed by atoms with Crippen molar-refractivity contribution in [3.63, 3.8) is 0 Å². The summed E-state index contributed by atoms with van der Waals surface area (Å²) < 4.78 is 14.5. The lowest BCUT2D eigenvalue weighted by Gasteiger charge is -2.34. The number of pyridine rings is 1. The Morgan fingerprint density at radius 3 is 2.25 bits per heavy atom. The van der Waals surface area contributed by atoms with Gasteiger partial charge < -0.3 is 4.90 Å². The normalized spacial score (nSPS) is 17.9. The highest BCUT2D eigenvalue weighted by Crippen LogP contribution is 2.16. The minimum Gasteiger partial charge on any atom is -0.354 e. The van der Waals surface area contributed by atoms with Crippen LogP contribution in [0.15, 0.2) is 59.6 Å². The molecule has 1 atom stereocenters. The second kappa shape index (κ2) is 6.15. The molecule has 2 heterocycles. The summed E-state index contributed by atoms with van der Waals surface area (Å²) in [6, 6.07) is 15.6. The molecule has 0 unspecified atom stereocenters. The maximum Gasteiger partial charge on any atom is 0.128 e. The zero-order chi connectivity index (χ0) is 13.8. The first-order valence-electron chi connectivity index (χ1n) is 6.72. The number of aromatic nitrogens is 1. The molecule has 0 N–H and O–H groups in total. The Kier molecular flexibility index (Phi) is 4.08. The number of rotatable bonds is 3. The van der Waals surface area contributed by atoms with E-state index in [0.29, 0.717) is 0 Å². The van der Waals surface area contributed by atoms with Crippen molar-refractivity contribution in [1.29, 1.82) is 0 Å². The lowest BCUT2D eigenvalue weighted by Crippen LogP contribution is -2.47. The van der Waals surface area contributed by atoms with Gasteiger partial charge >= 0.3 is 0 Å². The highest BCUT2D eigenvalue weighted by Gasteiger charge is 2.22. The SMILES string of the molecule is O=[S@](c1ccccc1)N1CCN(c2ccccn2)CC1. The molecule has 0 radical (unpaired) electrons. The topological polar surface area (TPSA) is 36.4 Å². The molecule has 5 heteroatoms. The molecule has 2 aromatic rings. The molecule has 20 heavy (non-hydrogen) atoms. The summed E-state index contributed by atoms with van der Waals surface area (Å²) in [6.07, 6.45) is 1.81. The van der Waals surface area contributed by atoms with Crippen LogP contribution in [0.5, 0.6) is 0 Å². The highest BCUT2D eigenvalue weighted by atomic mass is 32.2. The summed E-state index contributed by atoms with van der Waals surface area (Å²) in [5.74, 6) is 0.998. The zero-order valence-electron chi connectivity index (χ0n) is 11.2. The molecule has 1 aliphatic heterocycles. The number of hydrogen-bond donors (Lipinski definition) is 0. The van der Waals surface area contributed by atoms with Gasteiger partial charge in [-0.15, -0.1) is 0 Å². The van der Waals surface area contributed by atoms with E-state index in [4.69, 9.17) is 0 Å². The van der Waals surface area contributed by atoms with Gasteiger partial charge in [0, 0.05) is 32.4 Å². The van der Waals surface area contributed by atoms with E-state index in [9.17, 15) is 4.21 Å². The van der Waals surface area contributed by atoms with Crippen LogP contribution < -0.4 is 4.90 Å². The van der Waals surface area contributed by atoms with Crippen LogP contribution in [0.25, 0.3) is 0 Å². The van der Waals surface area contributed by atoms with Crippen molar-refractivity contribution in [3.8, 4) is 0 Å². The molecule has 3 rings (SSSR count). The zero-order valence-corrected chi connectivity index (χ0v) is 12.0. The first-order chi connectivity index (χ1) is 9.84. The van der Waals surface area contributed by atoms with Crippen LogP contribution in [-0.2, 0) is 11.0 Å². The largest absolute Gasteiger partial charge is 0.354 e. The lowest BCUT2D eigenvalue weighted by molar-refractivity contribution is 0.409. The Labute approximate surface area is 121 Å². The Morgan fingerprint density at radius 1 is 0.900 bits per heavy atom. The van der Waals surface area contributed by atoms with Crippen molar-refractivity contribution in [3.05, 3.63) is 54.7 Å². The van der Waals surface area contributed by atoms with E-state index in [-0.39, 0.29) is 0 Å². The van der Waals surface area contributed by atoms with Crippen LogP contribution in [0.4, 0.5) is 5.82 Å². The third-order valence-electron chi connectivity index (χ3n) is 3.39. The Balaban J connectivity index is 1.63. The van der Waals surface area contributed by atoms with Gasteiger partial charge in [-0.2, -0.15) is 0 Å². The summed E-state index contributed by atoms with van der Waals surface area (Å²) in [7, 11) is -1.05. The minimum atomic E-state index is -1.05. The van der Waals surface area contributed by atoms with Crippen LogP contribution >= 0.6 is 0 Å². The predicted octanol–water partition coefficient (Wildman–Crippen LogP) is 1.93. The number of hydrogen-bond acceptors (Lipinski definition) is 3. The molecule has 0 bridgehead atoms. The maximum atomic E-state index is 12.4. The van der Waals surface area contributed by atoms with Gasteiger partial charge in [0.05, 0.1) is 4.90 Å². The number of anilines is 1. The fraction of sp³-hybridized carbons (Fsp3) is 0.267. The summed E-state index contributed by atoms with van der Waals surface area (Å²) in [6.45, 7) is 3.29. The number of benzene rings is 1. The van der Waals surface area contributed by atoms with Crippen LogP contribution in [0, 0.1) is 0 Å².